The standard InChI is InChI=1S/C15H14F3N3O/c16-15(17,18)10-2-1-3-11(7-10)21-14(22)9-4-5-12-13(6-9)20-8-19-12/h1-3,7-9H,4-6H2,(H,19,20)(H,21,22). The number of benzene rings is 1. The predicted molar refractivity (Wildman–Crippen MR) is 74.2 cm³/mol. The van der Waals surface area contributed by atoms with Gasteiger partial charge in [0.1, 0.15) is 0 Å². The van der Waals surface area contributed by atoms with E-state index in [0.717, 1.165) is 23.5 Å². The third-order valence-corrected chi connectivity index (χ3v) is 3.82. The van der Waals surface area contributed by atoms with E-state index in [4.69, 9.17) is 0 Å². The molecule has 2 N–H and O–H groups in total. The number of nitrogens with one attached hydrogen (secondary N) is 2. The summed E-state index contributed by atoms with van der Waals surface area (Å²) < 4.78 is 38.0. The van der Waals surface area contributed by atoms with Crippen molar-refractivity contribution in [2.75, 3.05) is 5.32 Å². The quantitative estimate of drug-likeness (QED) is 0.895. The SMILES string of the molecule is O=C(Nc1cccc(C(F)(F)F)c1)C1CCc2nc[nH]c2C1. The van der Waals surface area contributed by atoms with Crippen molar-refractivity contribution in [3.05, 3.63) is 47.5 Å². The maximum atomic E-state index is 12.7. The normalized spacial score (nSPS) is 17.9. The zero-order chi connectivity index (χ0) is 15.7. The van der Waals surface area contributed by atoms with Crippen LogP contribution < -0.4 is 5.32 Å². The number of carbonyl (C=O) groups excluding carboxylic acids is 1. The number of fused-ring (bicyclic) bond motifs is 1. The first-order valence-corrected chi connectivity index (χ1v) is 6.93. The zero-order valence-electron chi connectivity index (χ0n) is 11.6. The van der Waals surface area contributed by atoms with Crippen molar-refractivity contribution in [3.8, 4) is 0 Å². The number of aromatic nitrogens is 2. The molecule has 7 heteroatoms. The second-order valence-corrected chi connectivity index (χ2v) is 5.34. The van der Waals surface area contributed by atoms with Crippen LogP contribution in [0, 0.1) is 5.92 Å². The van der Waals surface area contributed by atoms with Gasteiger partial charge >= 0.3 is 6.18 Å². The number of carbonyl (C=O) groups is 1. The highest BCUT2D eigenvalue weighted by molar-refractivity contribution is 5.92. The average Bonchev–Trinajstić information content (AvgIpc) is 2.94. The summed E-state index contributed by atoms with van der Waals surface area (Å²) in [5.74, 6) is -0.526. The Hall–Kier alpha value is -2.31. The fraction of sp³-hybridized carbons (Fsp3) is 0.333. The summed E-state index contributed by atoms with van der Waals surface area (Å²) in [6.45, 7) is 0. The van der Waals surface area contributed by atoms with Crippen molar-refractivity contribution < 1.29 is 18.0 Å². The molecular weight excluding hydrogens is 295 g/mol. The molecule has 0 saturated carbocycles. The van der Waals surface area contributed by atoms with E-state index < -0.39 is 11.7 Å². The molecule has 4 nitrogen and oxygen atoms in total. The minimum Gasteiger partial charge on any atom is -0.348 e. The zero-order valence-corrected chi connectivity index (χ0v) is 11.6. The Morgan fingerprint density at radius 1 is 1.36 bits per heavy atom. The minimum absolute atomic E-state index is 0.162. The van der Waals surface area contributed by atoms with Crippen molar-refractivity contribution in [2.24, 2.45) is 5.92 Å². The van der Waals surface area contributed by atoms with Crippen LogP contribution in [-0.2, 0) is 23.8 Å². The summed E-state index contributed by atoms with van der Waals surface area (Å²) >= 11 is 0. The molecule has 116 valence electrons. The van der Waals surface area contributed by atoms with Crippen LogP contribution in [0.4, 0.5) is 18.9 Å². The highest BCUT2D eigenvalue weighted by Gasteiger charge is 2.31. The van der Waals surface area contributed by atoms with Crippen molar-refractivity contribution in [3.63, 3.8) is 0 Å². The second kappa shape index (κ2) is 5.47. The van der Waals surface area contributed by atoms with Gasteiger partial charge < -0.3 is 10.3 Å². The van der Waals surface area contributed by atoms with Crippen LogP contribution in [-0.4, -0.2) is 15.9 Å². The van der Waals surface area contributed by atoms with Crippen LogP contribution in [0.2, 0.25) is 0 Å². The molecule has 0 aliphatic heterocycles. The summed E-state index contributed by atoms with van der Waals surface area (Å²) in [6, 6.07) is 4.67. The number of halogens is 3. The summed E-state index contributed by atoms with van der Waals surface area (Å²) in [5.41, 5.74) is 1.28. The van der Waals surface area contributed by atoms with Gasteiger partial charge in [0, 0.05) is 23.7 Å². The number of hydrogen-bond donors (Lipinski definition) is 2. The smallest absolute Gasteiger partial charge is 0.348 e. The Balaban J connectivity index is 1.70. The number of aryl methyl sites for hydroxylation is 1. The third-order valence-electron chi connectivity index (χ3n) is 3.82. The van der Waals surface area contributed by atoms with Gasteiger partial charge in [-0.15, -0.1) is 0 Å². The highest BCUT2D eigenvalue weighted by atomic mass is 19.4. The number of rotatable bonds is 2. The number of alkyl halides is 3. The molecule has 1 aliphatic rings. The van der Waals surface area contributed by atoms with E-state index in [2.05, 4.69) is 15.3 Å². The largest absolute Gasteiger partial charge is 0.416 e. The molecule has 2 aromatic rings. The van der Waals surface area contributed by atoms with Crippen molar-refractivity contribution in [1.82, 2.24) is 9.97 Å². The van der Waals surface area contributed by atoms with E-state index in [1.165, 1.54) is 12.1 Å². The van der Waals surface area contributed by atoms with Gasteiger partial charge in [-0.1, -0.05) is 6.07 Å². The molecule has 1 aromatic heterocycles. The summed E-state index contributed by atoms with van der Waals surface area (Å²) in [7, 11) is 0. The van der Waals surface area contributed by atoms with Crippen LogP contribution in [0.25, 0.3) is 0 Å². The van der Waals surface area contributed by atoms with Gasteiger partial charge in [-0.25, -0.2) is 4.98 Å². The Labute approximate surface area is 124 Å². The molecular formula is C15H14F3N3O. The Bertz CT molecular complexity index is 693. The van der Waals surface area contributed by atoms with Crippen LogP contribution in [0.15, 0.2) is 30.6 Å². The molecule has 1 aliphatic carbocycles. The number of imidazole rings is 1. The van der Waals surface area contributed by atoms with Gasteiger partial charge in [-0.3, -0.25) is 4.79 Å². The molecule has 0 bridgehead atoms. The van der Waals surface area contributed by atoms with Gasteiger partial charge in [0.25, 0.3) is 0 Å². The lowest BCUT2D eigenvalue weighted by atomic mass is 9.89. The second-order valence-electron chi connectivity index (χ2n) is 5.34. The first kappa shape index (κ1) is 14.6. The van der Waals surface area contributed by atoms with Crippen LogP contribution in [0.5, 0.6) is 0 Å². The number of hydrogen-bond acceptors (Lipinski definition) is 2. The van der Waals surface area contributed by atoms with E-state index >= 15 is 0 Å². The first-order chi connectivity index (χ1) is 10.4. The van der Waals surface area contributed by atoms with E-state index in [1.807, 2.05) is 0 Å². The predicted octanol–water partition coefficient (Wildman–Crippen LogP) is 3.17. The van der Waals surface area contributed by atoms with E-state index in [0.29, 0.717) is 19.3 Å². The third kappa shape index (κ3) is 2.98. The number of H-pyrrole nitrogens is 1. The molecule has 0 fully saturated rings. The van der Waals surface area contributed by atoms with Crippen LogP contribution in [0.3, 0.4) is 0 Å². The van der Waals surface area contributed by atoms with Crippen molar-refractivity contribution >= 4 is 11.6 Å². The molecule has 0 radical (unpaired) electrons. The van der Waals surface area contributed by atoms with Crippen LogP contribution in [0.1, 0.15) is 23.4 Å². The van der Waals surface area contributed by atoms with Gasteiger partial charge in [-0.05, 0) is 31.0 Å². The Kier molecular flexibility index (Phi) is 3.64. The molecule has 1 heterocycles. The fourth-order valence-electron chi connectivity index (χ4n) is 2.64. The molecule has 1 amide bonds. The van der Waals surface area contributed by atoms with Gasteiger partial charge in [0.15, 0.2) is 0 Å². The molecule has 1 unspecified atom stereocenters. The van der Waals surface area contributed by atoms with Gasteiger partial charge in [0.05, 0.1) is 17.6 Å². The van der Waals surface area contributed by atoms with Gasteiger partial charge in [-0.2, -0.15) is 13.2 Å². The number of aromatic amines is 1. The maximum Gasteiger partial charge on any atom is 0.416 e. The molecule has 22 heavy (non-hydrogen) atoms. The monoisotopic (exact) mass is 309 g/mol. The van der Waals surface area contributed by atoms with Crippen molar-refractivity contribution in [2.45, 2.75) is 25.4 Å². The first-order valence-electron chi connectivity index (χ1n) is 6.93. The molecule has 1 atom stereocenters. The maximum absolute atomic E-state index is 12.7. The Morgan fingerprint density at radius 2 is 2.18 bits per heavy atom. The molecule has 1 aromatic carbocycles. The molecule has 0 saturated heterocycles. The minimum atomic E-state index is -4.42. The lowest BCUT2D eigenvalue weighted by Crippen LogP contribution is -2.28. The van der Waals surface area contributed by atoms with E-state index in [1.54, 1.807) is 6.33 Å². The average molecular weight is 309 g/mol. The summed E-state index contributed by atoms with van der Waals surface area (Å²) in [4.78, 5) is 19.4. The van der Waals surface area contributed by atoms with Gasteiger partial charge in [0.2, 0.25) is 5.91 Å². The molecule has 3 rings (SSSR count). The Morgan fingerprint density at radius 3 is 2.95 bits per heavy atom. The van der Waals surface area contributed by atoms with Crippen molar-refractivity contribution in [1.29, 1.82) is 0 Å². The topological polar surface area (TPSA) is 57.8 Å². The summed E-state index contributed by atoms with van der Waals surface area (Å²) in [5, 5.41) is 2.57. The number of nitrogens with zero attached hydrogens (tertiary/aromatic N) is 1. The fourth-order valence-corrected chi connectivity index (χ4v) is 2.64. The summed E-state index contributed by atoms with van der Waals surface area (Å²) in [6.07, 6.45) is -0.962. The van der Waals surface area contributed by atoms with E-state index in [9.17, 15) is 18.0 Å². The highest BCUT2D eigenvalue weighted by Crippen LogP contribution is 2.31. The lowest BCUT2D eigenvalue weighted by Gasteiger charge is -2.21. The number of amides is 1. The van der Waals surface area contributed by atoms with E-state index in [-0.39, 0.29) is 17.5 Å². The molecule has 0 spiro atoms. The number of anilines is 1. The lowest BCUT2D eigenvalue weighted by molar-refractivity contribution is -0.137. The van der Waals surface area contributed by atoms with Crippen LogP contribution >= 0.6 is 0 Å².